The van der Waals surface area contributed by atoms with Crippen LogP contribution in [0.4, 0.5) is 0 Å². The Balaban J connectivity index is 0.00000121. The smallest absolute Gasteiger partial charge is 0.0306 e. The Labute approximate surface area is 74.6 Å². The lowest BCUT2D eigenvalue weighted by molar-refractivity contribution is 0.900. The first-order valence-corrected chi connectivity index (χ1v) is 4.10. The number of allylic oxidation sites excluding steroid dienone is 3. The Morgan fingerprint density at radius 3 is 2.82 bits per heavy atom. The Kier molecular flexibility index (Phi) is 2.45. The van der Waals surface area contributed by atoms with E-state index in [0.717, 1.165) is 29.0 Å². The highest BCUT2D eigenvalue weighted by Crippen LogP contribution is 2.26. The summed E-state index contributed by atoms with van der Waals surface area (Å²) in [5.41, 5.74) is 9.04. The first-order chi connectivity index (χ1) is 5.11. The van der Waals surface area contributed by atoms with Crippen molar-refractivity contribution in [2.75, 3.05) is 0 Å². The molecule has 0 amide bonds. The van der Waals surface area contributed by atoms with Crippen molar-refractivity contribution < 1.29 is 1.43 Å². The van der Waals surface area contributed by atoms with Crippen LogP contribution in [-0.2, 0) is 0 Å². The molecule has 0 fully saturated rings. The summed E-state index contributed by atoms with van der Waals surface area (Å²) in [6.07, 6.45) is 4.03. The van der Waals surface area contributed by atoms with Crippen LogP contribution < -0.4 is 5.73 Å². The first-order valence-electron chi connectivity index (χ1n) is 3.65. The van der Waals surface area contributed by atoms with Crippen LogP contribution in [0.15, 0.2) is 34.4 Å². The monoisotopic (exact) mass is 169 g/mol. The van der Waals surface area contributed by atoms with Gasteiger partial charge in [0.15, 0.2) is 0 Å². The molecular formula is C9H15NS. The van der Waals surface area contributed by atoms with E-state index in [4.69, 9.17) is 5.73 Å². The molecule has 0 aromatic rings. The van der Waals surface area contributed by atoms with Crippen LogP contribution in [0, 0.1) is 0 Å². The summed E-state index contributed by atoms with van der Waals surface area (Å²) in [5.74, 6) is 0. The lowest BCUT2D eigenvalue weighted by Gasteiger charge is -2.14. The maximum atomic E-state index is 5.73. The predicted molar refractivity (Wildman–Crippen MR) is 54.4 cm³/mol. The molecule has 1 nitrogen and oxygen atoms in total. The van der Waals surface area contributed by atoms with E-state index in [0.29, 0.717) is 0 Å². The Bertz CT molecular complexity index is 253. The molecule has 0 spiro atoms. The lowest BCUT2D eigenvalue weighted by Crippen LogP contribution is -2.04. The largest absolute Gasteiger partial charge is 0.399 e. The maximum absolute atomic E-state index is 5.73. The van der Waals surface area contributed by atoms with E-state index in [-0.39, 0.29) is 1.43 Å². The number of thiol groups is 1. The van der Waals surface area contributed by atoms with Gasteiger partial charge in [-0.15, -0.1) is 12.6 Å². The molecule has 0 unspecified atom stereocenters. The standard InChI is InChI=1S/C9H13NS.H2/c1-6-3-4-8(7(2)11)5-9(6)10;/h5,11H,2-4,10H2,1H3;1H. The van der Waals surface area contributed by atoms with Crippen molar-refractivity contribution in [1.82, 2.24) is 0 Å². The van der Waals surface area contributed by atoms with Gasteiger partial charge in [0.05, 0.1) is 0 Å². The summed E-state index contributed by atoms with van der Waals surface area (Å²) in [5, 5.41) is 0. The van der Waals surface area contributed by atoms with Crippen LogP contribution in [0.1, 0.15) is 21.2 Å². The highest BCUT2D eigenvalue weighted by molar-refractivity contribution is 7.84. The van der Waals surface area contributed by atoms with Crippen molar-refractivity contribution in [1.29, 1.82) is 0 Å². The number of rotatable bonds is 1. The number of hydrogen-bond acceptors (Lipinski definition) is 2. The molecule has 0 radical (unpaired) electrons. The molecule has 0 heterocycles. The van der Waals surface area contributed by atoms with Gasteiger partial charge in [-0.25, -0.2) is 0 Å². The highest BCUT2D eigenvalue weighted by atomic mass is 32.1. The molecule has 0 atom stereocenters. The number of hydrogen-bond donors (Lipinski definition) is 2. The second-order valence-corrected chi connectivity index (χ2v) is 3.39. The summed E-state index contributed by atoms with van der Waals surface area (Å²) in [6, 6.07) is 0. The molecule has 0 bridgehead atoms. The summed E-state index contributed by atoms with van der Waals surface area (Å²) in [4.78, 5) is 0.834. The van der Waals surface area contributed by atoms with Crippen molar-refractivity contribution in [3.05, 3.63) is 34.4 Å². The molecule has 2 heteroatoms. The third kappa shape index (κ3) is 1.90. The van der Waals surface area contributed by atoms with Crippen molar-refractivity contribution >= 4 is 12.6 Å². The third-order valence-electron chi connectivity index (χ3n) is 1.96. The van der Waals surface area contributed by atoms with Crippen LogP contribution in [-0.4, -0.2) is 0 Å². The fourth-order valence-electron chi connectivity index (χ4n) is 1.08. The van der Waals surface area contributed by atoms with Crippen LogP contribution in [0.2, 0.25) is 0 Å². The van der Waals surface area contributed by atoms with Gasteiger partial charge in [-0.05, 0) is 31.4 Å². The average Bonchev–Trinajstić information content (AvgIpc) is 1.94. The minimum absolute atomic E-state index is 0. The molecule has 1 aliphatic carbocycles. The molecule has 1 rings (SSSR count). The molecule has 0 aromatic carbocycles. The molecule has 2 N–H and O–H groups in total. The van der Waals surface area contributed by atoms with Gasteiger partial charge >= 0.3 is 0 Å². The average molecular weight is 169 g/mol. The van der Waals surface area contributed by atoms with E-state index in [1.165, 1.54) is 5.57 Å². The van der Waals surface area contributed by atoms with Gasteiger partial charge < -0.3 is 5.73 Å². The Hall–Kier alpha value is -0.630. The summed E-state index contributed by atoms with van der Waals surface area (Å²) in [7, 11) is 0. The van der Waals surface area contributed by atoms with E-state index < -0.39 is 0 Å². The quantitative estimate of drug-likeness (QED) is 0.580. The predicted octanol–water partition coefficient (Wildman–Crippen LogP) is 2.63. The van der Waals surface area contributed by atoms with E-state index in [1.807, 2.05) is 6.08 Å². The van der Waals surface area contributed by atoms with Gasteiger partial charge in [-0.1, -0.05) is 12.2 Å². The van der Waals surface area contributed by atoms with Crippen molar-refractivity contribution in [2.24, 2.45) is 5.73 Å². The van der Waals surface area contributed by atoms with Gasteiger partial charge in [-0.2, -0.15) is 0 Å². The summed E-state index contributed by atoms with van der Waals surface area (Å²) < 4.78 is 0. The molecule has 0 saturated carbocycles. The molecular weight excluding hydrogens is 154 g/mol. The minimum atomic E-state index is 0. The van der Waals surface area contributed by atoms with Crippen molar-refractivity contribution in [3.8, 4) is 0 Å². The van der Waals surface area contributed by atoms with E-state index in [2.05, 4.69) is 26.1 Å². The topological polar surface area (TPSA) is 26.0 Å². The molecule has 0 saturated heterocycles. The first kappa shape index (κ1) is 8.47. The van der Waals surface area contributed by atoms with E-state index in [9.17, 15) is 0 Å². The molecule has 0 aromatic heterocycles. The number of nitrogens with two attached hydrogens (primary N) is 1. The summed E-state index contributed by atoms with van der Waals surface area (Å²) in [6.45, 7) is 5.82. The van der Waals surface area contributed by atoms with Crippen LogP contribution >= 0.6 is 12.6 Å². The third-order valence-corrected chi connectivity index (χ3v) is 2.25. The summed E-state index contributed by atoms with van der Waals surface area (Å²) >= 11 is 4.17. The van der Waals surface area contributed by atoms with Crippen LogP contribution in [0.5, 0.6) is 0 Å². The van der Waals surface area contributed by atoms with Crippen LogP contribution in [0.25, 0.3) is 0 Å². The van der Waals surface area contributed by atoms with Gasteiger partial charge in [0.25, 0.3) is 0 Å². The van der Waals surface area contributed by atoms with Gasteiger partial charge in [-0.3, -0.25) is 0 Å². The van der Waals surface area contributed by atoms with Gasteiger partial charge in [0, 0.05) is 12.0 Å². The second kappa shape index (κ2) is 3.18. The van der Waals surface area contributed by atoms with E-state index >= 15 is 0 Å². The highest BCUT2D eigenvalue weighted by Gasteiger charge is 2.07. The zero-order valence-corrected chi connectivity index (χ0v) is 7.62. The van der Waals surface area contributed by atoms with E-state index in [1.54, 1.807) is 0 Å². The minimum Gasteiger partial charge on any atom is -0.399 e. The Morgan fingerprint density at radius 2 is 2.36 bits per heavy atom. The normalized spacial score (nSPS) is 18.2. The second-order valence-electron chi connectivity index (χ2n) is 2.85. The maximum Gasteiger partial charge on any atom is 0.0306 e. The Morgan fingerprint density at radius 1 is 1.73 bits per heavy atom. The zero-order chi connectivity index (χ0) is 8.43. The molecule has 11 heavy (non-hydrogen) atoms. The molecule has 1 aliphatic rings. The van der Waals surface area contributed by atoms with Gasteiger partial charge in [0.2, 0.25) is 0 Å². The van der Waals surface area contributed by atoms with Gasteiger partial charge in [0.1, 0.15) is 0 Å². The van der Waals surface area contributed by atoms with Crippen LogP contribution in [0.3, 0.4) is 0 Å². The zero-order valence-electron chi connectivity index (χ0n) is 6.72. The van der Waals surface area contributed by atoms with Crippen molar-refractivity contribution in [3.63, 3.8) is 0 Å². The fraction of sp³-hybridized carbons (Fsp3) is 0.333. The molecule has 0 aliphatic heterocycles. The molecule has 62 valence electrons. The SMILES string of the molecule is C=C(S)C1=CC(N)=C(C)CC1.[HH]. The van der Waals surface area contributed by atoms with Crippen molar-refractivity contribution in [2.45, 2.75) is 19.8 Å². The lowest BCUT2D eigenvalue weighted by atomic mass is 9.97. The fourth-order valence-corrected chi connectivity index (χ4v) is 1.25.